The molecule has 0 aliphatic carbocycles. The van der Waals surface area contributed by atoms with Crippen LogP contribution < -0.4 is 5.32 Å². The second-order valence-corrected chi connectivity index (χ2v) is 11.1. The molecule has 4 rings (SSSR count). The van der Waals surface area contributed by atoms with Gasteiger partial charge in [0.15, 0.2) is 0 Å². The van der Waals surface area contributed by atoms with Crippen LogP contribution in [0.1, 0.15) is 22.3 Å². The number of nitrogens with one attached hydrogen (secondary N) is 1. The summed E-state index contributed by atoms with van der Waals surface area (Å²) in [6, 6.07) is 13.9. The average molecular weight is 512 g/mol. The van der Waals surface area contributed by atoms with Crippen molar-refractivity contribution >= 4 is 33.2 Å². The Hall–Kier alpha value is -2.00. The van der Waals surface area contributed by atoms with Crippen LogP contribution in [0.25, 0.3) is 0 Å². The van der Waals surface area contributed by atoms with E-state index in [2.05, 4.69) is 11.4 Å². The number of thioether (sulfide) groups is 1. The highest BCUT2D eigenvalue weighted by atomic mass is 35.5. The summed E-state index contributed by atoms with van der Waals surface area (Å²) in [5, 5.41) is 4.10. The Bertz CT molecular complexity index is 1240. The molecule has 174 valence electrons. The van der Waals surface area contributed by atoms with Crippen molar-refractivity contribution in [3.8, 4) is 0 Å². The molecule has 1 heterocycles. The summed E-state index contributed by atoms with van der Waals surface area (Å²) in [5.74, 6) is 0.615. The first-order chi connectivity index (χ1) is 15.7. The average Bonchev–Trinajstić information content (AvgIpc) is 3.04. The van der Waals surface area contributed by atoms with Crippen LogP contribution >= 0.6 is 23.4 Å². The van der Waals surface area contributed by atoms with Crippen molar-refractivity contribution in [2.24, 2.45) is 0 Å². The second kappa shape index (κ2) is 9.70. The molecule has 0 atom stereocenters. The Morgan fingerprint density at radius 3 is 2.12 bits per heavy atom. The topological polar surface area (TPSA) is 46.2 Å². The monoisotopic (exact) mass is 511 g/mol. The van der Waals surface area contributed by atoms with Gasteiger partial charge in [0.1, 0.15) is 0 Å². The second-order valence-electron chi connectivity index (χ2n) is 7.72. The molecule has 3 nitrogen and oxygen atoms in total. The van der Waals surface area contributed by atoms with Gasteiger partial charge in [0.25, 0.3) is 0 Å². The maximum Gasteiger partial charge on any atom is 0.416 e. The minimum atomic E-state index is -4.52. The molecule has 3 aromatic rings. The molecular formula is C24H21ClF3NO2S2. The minimum Gasteiger partial charge on any atom is -0.316 e. The third-order valence-electron chi connectivity index (χ3n) is 5.54. The zero-order chi connectivity index (χ0) is 23.6. The van der Waals surface area contributed by atoms with Gasteiger partial charge in [-0.1, -0.05) is 29.8 Å². The van der Waals surface area contributed by atoms with Gasteiger partial charge in [0.05, 0.1) is 20.4 Å². The molecule has 0 saturated heterocycles. The van der Waals surface area contributed by atoms with E-state index in [0.717, 1.165) is 60.7 Å². The van der Waals surface area contributed by atoms with Crippen molar-refractivity contribution in [2.75, 3.05) is 13.1 Å². The number of benzene rings is 3. The van der Waals surface area contributed by atoms with E-state index in [1.807, 2.05) is 6.07 Å². The molecule has 0 amide bonds. The number of hydrogen-bond donors (Lipinski definition) is 1. The van der Waals surface area contributed by atoms with Crippen LogP contribution in [-0.2, 0) is 34.6 Å². The first-order valence-electron chi connectivity index (χ1n) is 10.3. The summed E-state index contributed by atoms with van der Waals surface area (Å²) in [7, 11) is -3.91. The summed E-state index contributed by atoms with van der Waals surface area (Å²) in [6.07, 6.45) is -2.66. The zero-order valence-corrected chi connectivity index (χ0v) is 19.8. The normalized spacial score (nSPS) is 14.5. The molecule has 0 aromatic heterocycles. The third-order valence-corrected chi connectivity index (χ3v) is 8.99. The lowest BCUT2D eigenvalue weighted by molar-refractivity contribution is -0.137. The minimum absolute atomic E-state index is 0.0358. The van der Waals surface area contributed by atoms with E-state index >= 15 is 0 Å². The van der Waals surface area contributed by atoms with Crippen molar-refractivity contribution in [1.29, 1.82) is 0 Å². The fraction of sp³-hybridized carbons (Fsp3) is 0.250. The van der Waals surface area contributed by atoms with Crippen molar-refractivity contribution in [2.45, 2.75) is 39.5 Å². The van der Waals surface area contributed by atoms with E-state index in [9.17, 15) is 21.6 Å². The van der Waals surface area contributed by atoms with E-state index < -0.39 is 21.6 Å². The summed E-state index contributed by atoms with van der Waals surface area (Å²) in [4.78, 5) is 0.915. The fourth-order valence-electron chi connectivity index (χ4n) is 3.75. The van der Waals surface area contributed by atoms with Crippen LogP contribution in [-0.4, -0.2) is 21.5 Å². The van der Waals surface area contributed by atoms with Crippen LogP contribution in [0.3, 0.4) is 0 Å². The molecule has 3 aromatic carbocycles. The Morgan fingerprint density at radius 2 is 1.48 bits per heavy atom. The van der Waals surface area contributed by atoms with Crippen molar-refractivity contribution in [1.82, 2.24) is 5.32 Å². The number of fused-ring (bicyclic) bond motifs is 1. The number of alkyl halides is 3. The fourth-order valence-corrected chi connectivity index (χ4v) is 6.46. The van der Waals surface area contributed by atoms with Gasteiger partial charge in [-0.25, -0.2) is 8.42 Å². The smallest absolute Gasteiger partial charge is 0.316 e. The third kappa shape index (κ3) is 5.40. The SMILES string of the molecule is O=S(=O)(c1ccc(CSc2c(Cl)ccc3c2CCNCC3)cc1)c1ccc(C(F)(F)F)cc1. The molecule has 0 saturated carbocycles. The predicted molar refractivity (Wildman–Crippen MR) is 125 cm³/mol. The van der Waals surface area contributed by atoms with Gasteiger partial charge >= 0.3 is 6.18 Å². The van der Waals surface area contributed by atoms with E-state index in [1.54, 1.807) is 23.9 Å². The summed E-state index contributed by atoms with van der Waals surface area (Å²) < 4.78 is 63.9. The molecular weight excluding hydrogens is 491 g/mol. The van der Waals surface area contributed by atoms with Gasteiger partial charge in [0.2, 0.25) is 9.84 Å². The Labute approximate surface area is 200 Å². The van der Waals surface area contributed by atoms with Crippen molar-refractivity contribution in [3.05, 3.63) is 87.9 Å². The van der Waals surface area contributed by atoms with E-state index in [1.165, 1.54) is 23.3 Å². The molecule has 0 radical (unpaired) electrons. The zero-order valence-electron chi connectivity index (χ0n) is 17.5. The van der Waals surface area contributed by atoms with Gasteiger partial charge in [-0.05, 0) is 85.1 Å². The van der Waals surface area contributed by atoms with Crippen LogP contribution in [0.15, 0.2) is 75.4 Å². The molecule has 0 spiro atoms. The van der Waals surface area contributed by atoms with E-state index in [0.29, 0.717) is 10.8 Å². The van der Waals surface area contributed by atoms with Gasteiger partial charge in [-0.15, -0.1) is 11.8 Å². The quantitative estimate of drug-likeness (QED) is 0.416. The summed E-state index contributed by atoms with van der Waals surface area (Å²) in [5.41, 5.74) is 2.60. The molecule has 33 heavy (non-hydrogen) atoms. The van der Waals surface area contributed by atoms with Crippen LogP contribution in [0, 0.1) is 0 Å². The standard InChI is InChI=1S/C24H21ClF3NO2S2/c25-22-10-3-17-11-13-29-14-12-21(17)23(22)32-15-16-1-6-19(7-2-16)33(30,31)20-8-4-18(5-9-20)24(26,27)28/h1-10,29H,11-15H2. The molecule has 1 aliphatic rings. The highest BCUT2D eigenvalue weighted by Gasteiger charge is 2.30. The molecule has 0 unspecified atom stereocenters. The molecule has 1 N–H and O–H groups in total. The maximum atomic E-state index is 12.8. The lowest BCUT2D eigenvalue weighted by Crippen LogP contribution is -2.16. The first-order valence-corrected chi connectivity index (χ1v) is 13.2. The maximum absolute atomic E-state index is 12.8. The van der Waals surface area contributed by atoms with Gasteiger partial charge in [-0.2, -0.15) is 13.2 Å². The Kier molecular flexibility index (Phi) is 7.09. The van der Waals surface area contributed by atoms with Crippen LogP contribution in [0.2, 0.25) is 5.02 Å². The van der Waals surface area contributed by atoms with Crippen molar-refractivity contribution < 1.29 is 21.6 Å². The first kappa shape index (κ1) is 24.1. The number of sulfone groups is 1. The number of halogens is 4. The van der Waals surface area contributed by atoms with E-state index in [4.69, 9.17) is 11.6 Å². The number of hydrogen-bond acceptors (Lipinski definition) is 4. The van der Waals surface area contributed by atoms with Crippen molar-refractivity contribution in [3.63, 3.8) is 0 Å². The lowest BCUT2D eigenvalue weighted by Gasteiger charge is -2.14. The molecule has 0 fully saturated rings. The summed E-state index contributed by atoms with van der Waals surface area (Å²) >= 11 is 8.10. The lowest BCUT2D eigenvalue weighted by atomic mass is 10.0. The summed E-state index contributed by atoms with van der Waals surface area (Å²) in [6.45, 7) is 1.84. The molecule has 9 heteroatoms. The highest BCUT2D eigenvalue weighted by Crippen LogP contribution is 2.36. The van der Waals surface area contributed by atoms with E-state index in [-0.39, 0.29) is 9.79 Å². The highest BCUT2D eigenvalue weighted by molar-refractivity contribution is 7.98. The Balaban J connectivity index is 1.50. The van der Waals surface area contributed by atoms with Gasteiger partial charge in [0, 0.05) is 10.6 Å². The van der Waals surface area contributed by atoms with Crippen LogP contribution in [0.4, 0.5) is 13.2 Å². The van der Waals surface area contributed by atoms with Gasteiger partial charge in [-0.3, -0.25) is 0 Å². The largest absolute Gasteiger partial charge is 0.416 e. The molecule has 0 bridgehead atoms. The van der Waals surface area contributed by atoms with Crippen LogP contribution in [0.5, 0.6) is 0 Å². The predicted octanol–water partition coefficient (Wildman–Crippen LogP) is 6.17. The molecule has 1 aliphatic heterocycles. The van der Waals surface area contributed by atoms with Gasteiger partial charge < -0.3 is 5.32 Å². The number of rotatable bonds is 5. The Morgan fingerprint density at radius 1 is 0.879 bits per heavy atom.